The molecule has 0 fully saturated rings. The zero-order chi connectivity index (χ0) is 14.3. The van der Waals surface area contributed by atoms with Crippen LogP contribution in [0.3, 0.4) is 0 Å². The fraction of sp³-hybridized carbons (Fsp3) is 0.250. The van der Waals surface area contributed by atoms with E-state index < -0.39 is 0 Å². The smallest absolute Gasteiger partial charge is 0.321 e. The van der Waals surface area contributed by atoms with Gasteiger partial charge in [0.25, 0.3) is 0 Å². The van der Waals surface area contributed by atoms with Crippen molar-refractivity contribution in [2.24, 2.45) is 0 Å². The van der Waals surface area contributed by atoms with E-state index in [9.17, 15) is 0 Å². The normalized spacial score (nSPS) is 12.9. The number of ether oxygens (including phenoxy) is 2. The molecule has 104 valence electrons. The van der Waals surface area contributed by atoms with Crippen LogP contribution in [0.4, 0.5) is 5.95 Å². The van der Waals surface area contributed by atoms with Gasteiger partial charge in [-0.2, -0.15) is 15.0 Å². The number of rotatable bonds is 2. The van der Waals surface area contributed by atoms with Crippen molar-refractivity contribution in [3.8, 4) is 23.1 Å². The molecule has 20 heavy (non-hydrogen) atoms. The molecule has 0 saturated carbocycles. The van der Waals surface area contributed by atoms with Crippen molar-refractivity contribution in [2.75, 3.05) is 19.5 Å². The first-order valence-corrected chi connectivity index (χ1v) is 6.55. The van der Waals surface area contributed by atoms with E-state index in [1.54, 1.807) is 6.07 Å². The number of nitrogen functional groups attached to an aromatic ring is 1. The second-order valence-electron chi connectivity index (χ2n) is 4.13. The Balaban J connectivity index is 2.25. The van der Waals surface area contributed by atoms with E-state index in [1.165, 1.54) is 7.11 Å². The summed E-state index contributed by atoms with van der Waals surface area (Å²) in [5.74, 6) is 1.02. The highest BCUT2D eigenvalue weighted by Gasteiger charge is 2.25. The Morgan fingerprint density at radius 3 is 2.80 bits per heavy atom. The summed E-state index contributed by atoms with van der Waals surface area (Å²) >= 11 is 12.4. The van der Waals surface area contributed by atoms with Crippen LogP contribution in [0, 0.1) is 0 Å². The largest absolute Gasteiger partial charge is 0.491 e. The van der Waals surface area contributed by atoms with Gasteiger partial charge in [0.05, 0.1) is 23.8 Å². The Hall–Kier alpha value is -1.79. The summed E-state index contributed by atoms with van der Waals surface area (Å²) in [6.45, 7) is 0.542. The molecule has 3 rings (SSSR count). The summed E-state index contributed by atoms with van der Waals surface area (Å²) in [5.41, 5.74) is 7.17. The maximum absolute atomic E-state index is 6.27. The third-order valence-electron chi connectivity index (χ3n) is 2.92. The number of methoxy groups -OCH3 is 1. The first-order valence-electron chi connectivity index (χ1n) is 5.79. The Morgan fingerprint density at radius 1 is 1.25 bits per heavy atom. The van der Waals surface area contributed by atoms with Crippen molar-refractivity contribution in [1.29, 1.82) is 0 Å². The molecule has 0 unspecified atom stereocenters. The summed E-state index contributed by atoms with van der Waals surface area (Å²) in [7, 11) is 1.45. The zero-order valence-electron chi connectivity index (χ0n) is 10.5. The quantitative estimate of drug-likeness (QED) is 0.916. The molecular formula is C12H10Cl2N4O2. The molecule has 1 aliphatic rings. The minimum Gasteiger partial charge on any atom is -0.491 e. The molecule has 2 heterocycles. The number of fused-ring (bicyclic) bond motifs is 1. The Bertz CT molecular complexity index is 694. The highest BCUT2D eigenvalue weighted by atomic mass is 35.5. The molecule has 0 spiro atoms. The van der Waals surface area contributed by atoms with E-state index in [4.69, 9.17) is 38.4 Å². The SMILES string of the molecule is COc1nc(N)nc(-c2c(Cl)cc(Cl)c3c2CCO3)n1. The first-order chi connectivity index (χ1) is 9.60. The first kappa shape index (κ1) is 13.2. The number of aromatic nitrogens is 3. The fourth-order valence-corrected chi connectivity index (χ4v) is 2.76. The van der Waals surface area contributed by atoms with Crippen LogP contribution < -0.4 is 15.2 Å². The maximum Gasteiger partial charge on any atom is 0.321 e. The second-order valence-corrected chi connectivity index (χ2v) is 4.94. The lowest BCUT2D eigenvalue weighted by Gasteiger charge is -2.11. The summed E-state index contributed by atoms with van der Waals surface area (Å²) in [6.07, 6.45) is 0.679. The minimum absolute atomic E-state index is 0.0607. The number of hydrogen-bond acceptors (Lipinski definition) is 6. The molecule has 0 radical (unpaired) electrons. The van der Waals surface area contributed by atoms with Crippen LogP contribution in [0.15, 0.2) is 6.07 Å². The van der Waals surface area contributed by atoms with E-state index >= 15 is 0 Å². The van der Waals surface area contributed by atoms with Gasteiger partial charge in [0, 0.05) is 17.5 Å². The van der Waals surface area contributed by atoms with Crippen molar-refractivity contribution >= 4 is 29.2 Å². The second kappa shape index (κ2) is 4.96. The van der Waals surface area contributed by atoms with Gasteiger partial charge in [-0.05, 0) is 6.07 Å². The monoisotopic (exact) mass is 312 g/mol. The van der Waals surface area contributed by atoms with Crippen LogP contribution in [-0.2, 0) is 6.42 Å². The molecular weight excluding hydrogens is 303 g/mol. The number of benzene rings is 1. The number of halogens is 2. The summed E-state index contributed by atoms with van der Waals surface area (Å²) in [5, 5.41) is 0.909. The number of anilines is 1. The van der Waals surface area contributed by atoms with Crippen LogP contribution in [-0.4, -0.2) is 28.7 Å². The zero-order valence-corrected chi connectivity index (χ0v) is 12.0. The van der Waals surface area contributed by atoms with Crippen LogP contribution in [0.1, 0.15) is 5.56 Å². The predicted octanol–water partition coefficient (Wildman–Crippen LogP) is 2.37. The molecule has 6 nitrogen and oxygen atoms in total. The molecule has 0 saturated heterocycles. The lowest BCUT2D eigenvalue weighted by atomic mass is 10.0. The lowest BCUT2D eigenvalue weighted by Crippen LogP contribution is -2.04. The number of hydrogen-bond donors (Lipinski definition) is 1. The molecule has 8 heteroatoms. The van der Waals surface area contributed by atoms with Gasteiger partial charge in [0.15, 0.2) is 5.82 Å². The molecule has 0 atom stereocenters. The van der Waals surface area contributed by atoms with Crippen molar-refractivity contribution in [3.63, 3.8) is 0 Å². The highest BCUT2D eigenvalue weighted by Crippen LogP contribution is 2.43. The van der Waals surface area contributed by atoms with Crippen molar-refractivity contribution in [2.45, 2.75) is 6.42 Å². The van der Waals surface area contributed by atoms with E-state index in [-0.39, 0.29) is 12.0 Å². The van der Waals surface area contributed by atoms with Crippen LogP contribution in [0.5, 0.6) is 11.8 Å². The van der Waals surface area contributed by atoms with E-state index in [1.807, 2.05) is 0 Å². The van der Waals surface area contributed by atoms with Crippen molar-refractivity contribution < 1.29 is 9.47 Å². The summed E-state index contributed by atoms with van der Waals surface area (Å²) in [6, 6.07) is 1.74. The van der Waals surface area contributed by atoms with Gasteiger partial charge in [0.2, 0.25) is 5.95 Å². The van der Waals surface area contributed by atoms with Crippen molar-refractivity contribution in [1.82, 2.24) is 15.0 Å². The molecule has 0 bridgehead atoms. The molecule has 1 aliphatic heterocycles. The lowest BCUT2D eigenvalue weighted by molar-refractivity contribution is 0.357. The minimum atomic E-state index is 0.0607. The van der Waals surface area contributed by atoms with Gasteiger partial charge in [-0.15, -0.1) is 0 Å². The topological polar surface area (TPSA) is 83.2 Å². The molecule has 1 aromatic carbocycles. The number of nitrogens with two attached hydrogens (primary N) is 1. The average Bonchev–Trinajstić information content (AvgIpc) is 2.87. The third kappa shape index (κ3) is 2.10. The van der Waals surface area contributed by atoms with Crippen LogP contribution in [0.2, 0.25) is 10.0 Å². The average molecular weight is 313 g/mol. The summed E-state index contributed by atoms with van der Waals surface area (Å²) in [4.78, 5) is 12.1. The Kier molecular flexibility index (Phi) is 3.27. The van der Waals surface area contributed by atoms with Gasteiger partial charge in [-0.25, -0.2) is 0 Å². The van der Waals surface area contributed by atoms with Gasteiger partial charge in [-0.3, -0.25) is 0 Å². The molecule has 0 aliphatic carbocycles. The van der Waals surface area contributed by atoms with Gasteiger partial charge < -0.3 is 15.2 Å². The van der Waals surface area contributed by atoms with Crippen LogP contribution in [0.25, 0.3) is 11.4 Å². The predicted molar refractivity (Wildman–Crippen MR) is 75.4 cm³/mol. The van der Waals surface area contributed by atoms with Gasteiger partial charge in [0.1, 0.15) is 5.75 Å². The molecule has 1 aromatic heterocycles. The Morgan fingerprint density at radius 2 is 2.05 bits per heavy atom. The van der Waals surface area contributed by atoms with Gasteiger partial charge >= 0.3 is 6.01 Å². The van der Waals surface area contributed by atoms with Crippen molar-refractivity contribution in [3.05, 3.63) is 21.7 Å². The highest BCUT2D eigenvalue weighted by molar-refractivity contribution is 6.37. The summed E-state index contributed by atoms with van der Waals surface area (Å²) < 4.78 is 10.5. The Labute approximate surface area is 124 Å². The van der Waals surface area contributed by atoms with E-state index in [0.717, 1.165) is 5.56 Å². The number of nitrogens with zero attached hydrogens (tertiary/aromatic N) is 3. The molecule has 0 amide bonds. The third-order valence-corrected chi connectivity index (χ3v) is 3.50. The molecule has 2 aromatic rings. The van der Waals surface area contributed by atoms with E-state index in [2.05, 4.69) is 15.0 Å². The molecule has 2 N–H and O–H groups in total. The van der Waals surface area contributed by atoms with Gasteiger partial charge in [-0.1, -0.05) is 23.2 Å². The van der Waals surface area contributed by atoms with E-state index in [0.29, 0.717) is 40.2 Å². The van der Waals surface area contributed by atoms with Crippen LogP contribution >= 0.6 is 23.2 Å². The standard InChI is InChI=1S/C12H10Cl2N4O2/c1-19-12-17-10(16-11(15)18-12)8-5-2-3-20-9(5)7(14)4-6(8)13/h4H,2-3H2,1H3,(H2,15,16,17,18). The fourth-order valence-electron chi connectivity index (χ4n) is 2.12. The maximum atomic E-state index is 6.27.